The van der Waals surface area contributed by atoms with E-state index in [2.05, 4.69) is 143 Å². The lowest BCUT2D eigenvalue weighted by Crippen LogP contribution is -2.18. The van der Waals surface area contributed by atoms with E-state index in [1.807, 2.05) is 0 Å². The Hall–Kier alpha value is -4.82. The van der Waals surface area contributed by atoms with E-state index >= 15 is 0 Å². The van der Waals surface area contributed by atoms with Gasteiger partial charge >= 0.3 is 0 Å². The van der Waals surface area contributed by atoms with Crippen LogP contribution in [0.3, 0.4) is 0 Å². The molecule has 38 heavy (non-hydrogen) atoms. The number of para-hydroxylation sites is 2. The number of aromatic nitrogens is 1. The van der Waals surface area contributed by atoms with Crippen molar-refractivity contribution in [1.29, 1.82) is 0 Å². The van der Waals surface area contributed by atoms with Crippen molar-refractivity contribution < 1.29 is 0 Å². The molecule has 0 amide bonds. The van der Waals surface area contributed by atoms with Crippen molar-refractivity contribution in [2.45, 2.75) is 12.8 Å². The summed E-state index contributed by atoms with van der Waals surface area (Å²) in [7, 11) is 0. The average molecular weight is 487 g/mol. The zero-order valence-corrected chi connectivity index (χ0v) is 21.0. The fourth-order valence-electron chi connectivity index (χ4n) is 6.44. The molecule has 1 heterocycles. The van der Waals surface area contributed by atoms with Crippen LogP contribution in [0.1, 0.15) is 12.8 Å². The maximum absolute atomic E-state index is 2.51. The van der Waals surface area contributed by atoms with Gasteiger partial charge in [0.05, 0.1) is 11.0 Å². The van der Waals surface area contributed by atoms with E-state index in [0.29, 0.717) is 0 Å². The highest BCUT2D eigenvalue weighted by molar-refractivity contribution is 6.34. The van der Waals surface area contributed by atoms with Crippen LogP contribution >= 0.6 is 0 Å². The topological polar surface area (TPSA) is 8.17 Å². The van der Waals surface area contributed by atoms with Gasteiger partial charge < -0.3 is 9.47 Å². The van der Waals surface area contributed by atoms with Gasteiger partial charge in [0.1, 0.15) is 0 Å². The van der Waals surface area contributed by atoms with Crippen LogP contribution in [-0.4, -0.2) is 4.57 Å². The van der Waals surface area contributed by atoms with E-state index < -0.39 is 0 Å². The first-order valence-corrected chi connectivity index (χ1v) is 13.3. The third-order valence-corrected chi connectivity index (χ3v) is 8.03. The van der Waals surface area contributed by atoms with Gasteiger partial charge in [0.25, 0.3) is 0 Å². The van der Waals surface area contributed by atoms with Crippen molar-refractivity contribution in [2.75, 3.05) is 4.90 Å². The third-order valence-electron chi connectivity index (χ3n) is 8.03. The first-order chi connectivity index (χ1) is 18.9. The van der Waals surface area contributed by atoms with Crippen LogP contribution in [0.15, 0.2) is 139 Å². The van der Waals surface area contributed by atoms with E-state index in [9.17, 15) is 0 Å². The third kappa shape index (κ3) is 3.07. The van der Waals surface area contributed by atoms with Crippen molar-refractivity contribution in [3.8, 4) is 0 Å². The summed E-state index contributed by atoms with van der Waals surface area (Å²) < 4.78 is 2.51. The number of benzene rings is 6. The van der Waals surface area contributed by atoms with Gasteiger partial charge in [-0.3, -0.25) is 0 Å². The summed E-state index contributed by atoms with van der Waals surface area (Å²) in [6, 6.07) is 43.8. The van der Waals surface area contributed by atoms with Gasteiger partial charge in [-0.05, 0) is 82.9 Å². The number of hydrogen-bond acceptors (Lipinski definition) is 1. The second-order valence-corrected chi connectivity index (χ2v) is 10.1. The van der Waals surface area contributed by atoms with E-state index in [-0.39, 0.29) is 0 Å². The molecule has 0 aliphatic heterocycles. The average Bonchev–Trinajstić information content (AvgIpc) is 3.34. The summed E-state index contributed by atoms with van der Waals surface area (Å²) in [6.45, 7) is 0. The molecule has 2 nitrogen and oxygen atoms in total. The van der Waals surface area contributed by atoms with Gasteiger partial charge in [0.15, 0.2) is 0 Å². The van der Waals surface area contributed by atoms with Gasteiger partial charge in [-0.2, -0.15) is 0 Å². The number of fused-ring (bicyclic) bond motifs is 3. The number of rotatable bonds is 4. The van der Waals surface area contributed by atoms with Crippen LogP contribution in [-0.2, 0) is 0 Å². The van der Waals surface area contributed by atoms with Gasteiger partial charge in [-0.25, -0.2) is 0 Å². The van der Waals surface area contributed by atoms with Crippen molar-refractivity contribution in [1.82, 2.24) is 4.57 Å². The summed E-state index contributed by atoms with van der Waals surface area (Å²) >= 11 is 0. The molecule has 0 spiro atoms. The quantitative estimate of drug-likeness (QED) is 0.225. The van der Waals surface area contributed by atoms with Crippen LogP contribution in [0, 0.1) is 0 Å². The largest absolute Gasteiger partial charge is 0.314 e. The molecular formula is C36H26N2. The van der Waals surface area contributed by atoms with E-state index in [4.69, 9.17) is 0 Å². The van der Waals surface area contributed by atoms with Crippen LogP contribution < -0.4 is 4.90 Å². The molecule has 180 valence electrons. The predicted molar refractivity (Wildman–Crippen MR) is 162 cm³/mol. The molecule has 0 radical (unpaired) electrons. The van der Waals surface area contributed by atoms with Crippen molar-refractivity contribution in [3.05, 3.63) is 139 Å². The Morgan fingerprint density at radius 1 is 0.447 bits per heavy atom. The smallest absolute Gasteiger partial charge is 0.0544 e. The van der Waals surface area contributed by atoms with Crippen molar-refractivity contribution >= 4 is 60.4 Å². The molecular weight excluding hydrogens is 460 g/mol. The Morgan fingerprint density at radius 3 is 1.45 bits per heavy atom. The minimum absolute atomic E-state index is 0.969. The first-order valence-electron chi connectivity index (χ1n) is 13.3. The van der Waals surface area contributed by atoms with Crippen LogP contribution in [0.5, 0.6) is 0 Å². The van der Waals surface area contributed by atoms with Crippen LogP contribution in [0.2, 0.25) is 0 Å². The van der Waals surface area contributed by atoms with E-state index in [1.165, 1.54) is 66.1 Å². The lowest BCUT2D eigenvalue weighted by Gasteiger charge is -2.30. The number of hydrogen-bond donors (Lipinski definition) is 0. The maximum atomic E-state index is 2.51. The summed E-state index contributed by atoms with van der Waals surface area (Å²) in [5, 5.41) is 8.10. The van der Waals surface area contributed by atoms with Gasteiger partial charge in [0, 0.05) is 33.5 Å². The fraction of sp³-hybridized carbons (Fsp3) is 0.0556. The minimum Gasteiger partial charge on any atom is -0.314 e. The van der Waals surface area contributed by atoms with Crippen molar-refractivity contribution in [2.24, 2.45) is 0 Å². The molecule has 6 aromatic carbocycles. The summed E-state index contributed by atoms with van der Waals surface area (Å²) in [6.07, 6.45) is 6.60. The molecule has 0 N–H and O–H groups in total. The molecule has 2 heteroatoms. The maximum Gasteiger partial charge on any atom is 0.0544 e. The number of nitrogens with zero attached hydrogens (tertiary/aromatic N) is 2. The second-order valence-electron chi connectivity index (χ2n) is 10.1. The Balaban J connectivity index is 1.34. The predicted octanol–water partition coefficient (Wildman–Crippen LogP) is 9.90. The lowest BCUT2D eigenvalue weighted by molar-refractivity contribution is 0.895. The standard InChI is InChI=1S/C36H26N2/c1-3-11-25(12-4-1)37(26-13-5-2-6-14-26)27-21-23-28(24-22-27)38-33-19-9-17-31-29-15-7-8-16-30(29)32-18-10-20-34(38)36(32)35(31)33/h1-21,23H,22,24H2. The van der Waals surface area contributed by atoms with E-state index in [0.717, 1.165) is 12.8 Å². The molecule has 0 unspecified atom stereocenters. The lowest BCUT2D eigenvalue weighted by atomic mass is 9.95. The van der Waals surface area contributed by atoms with Crippen LogP contribution in [0.4, 0.5) is 11.4 Å². The summed E-state index contributed by atoms with van der Waals surface area (Å²) in [5.41, 5.74) is 7.63. The van der Waals surface area contributed by atoms with Crippen molar-refractivity contribution in [3.63, 3.8) is 0 Å². The fourth-order valence-corrected chi connectivity index (χ4v) is 6.44. The molecule has 0 bridgehead atoms. The van der Waals surface area contributed by atoms with Gasteiger partial charge in [-0.15, -0.1) is 0 Å². The Kier molecular flexibility index (Phi) is 4.68. The van der Waals surface area contributed by atoms with Gasteiger partial charge in [-0.1, -0.05) is 84.9 Å². The molecule has 0 atom stereocenters. The summed E-state index contributed by atoms with van der Waals surface area (Å²) in [5.74, 6) is 0. The molecule has 1 aliphatic carbocycles. The second kappa shape index (κ2) is 8.36. The zero-order chi connectivity index (χ0) is 25.1. The Labute approximate surface area is 221 Å². The monoisotopic (exact) mass is 486 g/mol. The minimum atomic E-state index is 0.969. The number of allylic oxidation sites excluding steroid dienone is 4. The Morgan fingerprint density at radius 2 is 0.947 bits per heavy atom. The molecule has 0 saturated carbocycles. The SMILES string of the molecule is C1=C(N(c2ccccc2)c2ccccc2)CCC(n2c3cccc4c5ccccc5c5cccc2c5c43)=C1. The molecule has 1 aliphatic rings. The van der Waals surface area contributed by atoms with Crippen LogP contribution in [0.25, 0.3) is 49.0 Å². The molecule has 0 saturated heterocycles. The first kappa shape index (κ1) is 21.3. The highest BCUT2D eigenvalue weighted by atomic mass is 15.1. The normalized spacial score (nSPS) is 13.9. The molecule has 0 fully saturated rings. The van der Waals surface area contributed by atoms with Gasteiger partial charge in [0.2, 0.25) is 0 Å². The van der Waals surface area contributed by atoms with E-state index in [1.54, 1.807) is 0 Å². The molecule has 7 aromatic rings. The zero-order valence-electron chi connectivity index (χ0n) is 21.0. The highest BCUT2D eigenvalue weighted by Crippen LogP contribution is 2.44. The molecule has 1 aromatic heterocycles. The number of anilines is 2. The summed E-state index contributed by atoms with van der Waals surface area (Å²) in [4.78, 5) is 2.39. The Bertz CT molecular complexity index is 1880. The molecule has 8 rings (SSSR count). The highest BCUT2D eigenvalue weighted by Gasteiger charge is 2.22.